The molecule has 1 aromatic carbocycles. The van der Waals surface area contributed by atoms with Crippen molar-refractivity contribution in [1.82, 2.24) is 5.32 Å². The van der Waals surface area contributed by atoms with Crippen molar-refractivity contribution in [2.75, 3.05) is 6.61 Å². The molecule has 2 nitrogen and oxygen atoms in total. The van der Waals surface area contributed by atoms with Crippen LogP contribution in [-0.4, -0.2) is 18.4 Å². The summed E-state index contributed by atoms with van der Waals surface area (Å²) in [6.45, 7) is 5.03. The van der Waals surface area contributed by atoms with Gasteiger partial charge in [0.25, 0.3) is 0 Å². The smallest absolute Gasteiger partial charge is 0.113 e. The highest BCUT2D eigenvalue weighted by atomic mass is 16.5. The second kappa shape index (κ2) is 4.33. The van der Waals surface area contributed by atoms with Gasteiger partial charge in [-0.25, -0.2) is 0 Å². The van der Waals surface area contributed by atoms with Gasteiger partial charge >= 0.3 is 0 Å². The van der Waals surface area contributed by atoms with Crippen LogP contribution in [0.1, 0.15) is 25.8 Å². The first-order valence-corrected chi connectivity index (χ1v) is 5.61. The minimum Gasteiger partial charge on any atom is -0.361 e. The van der Waals surface area contributed by atoms with E-state index in [2.05, 4.69) is 49.5 Å². The second-order valence-corrected chi connectivity index (χ2v) is 4.68. The summed E-state index contributed by atoms with van der Waals surface area (Å²) in [5.74, 6) is 0. The van der Waals surface area contributed by atoms with Crippen LogP contribution in [0, 0.1) is 0 Å². The highest BCUT2D eigenvalue weighted by Gasteiger charge is 2.27. The van der Waals surface area contributed by atoms with E-state index in [0.29, 0.717) is 6.04 Å². The lowest BCUT2D eigenvalue weighted by atomic mass is 10.0. The molecule has 1 atom stereocenters. The quantitative estimate of drug-likeness (QED) is 0.800. The number of rotatable bonds is 2. The summed E-state index contributed by atoms with van der Waals surface area (Å²) >= 11 is 0. The molecule has 15 heavy (non-hydrogen) atoms. The highest BCUT2D eigenvalue weighted by Crippen LogP contribution is 2.17. The fourth-order valence-electron chi connectivity index (χ4n) is 2.11. The van der Waals surface area contributed by atoms with Gasteiger partial charge in [0.1, 0.15) is 5.72 Å². The number of hydrogen-bond donors (Lipinski definition) is 1. The van der Waals surface area contributed by atoms with E-state index in [1.165, 1.54) is 5.56 Å². The standard InChI is InChI=1S/C13H19NO/c1-13(2)14-12(8-9-15-13)10-11-6-4-3-5-7-11/h3-7,12,14H,8-10H2,1-2H3. The van der Waals surface area contributed by atoms with E-state index in [9.17, 15) is 0 Å². The summed E-state index contributed by atoms with van der Waals surface area (Å²) in [5.41, 5.74) is 1.23. The summed E-state index contributed by atoms with van der Waals surface area (Å²) in [7, 11) is 0. The summed E-state index contributed by atoms with van der Waals surface area (Å²) in [5, 5.41) is 3.52. The number of benzene rings is 1. The van der Waals surface area contributed by atoms with Crippen molar-refractivity contribution in [1.29, 1.82) is 0 Å². The average Bonchev–Trinajstić information content (AvgIpc) is 2.17. The third-order valence-corrected chi connectivity index (χ3v) is 2.81. The molecule has 1 aromatic rings. The average molecular weight is 205 g/mol. The van der Waals surface area contributed by atoms with Gasteiger partial charge in [-0.05, 0) is 32.3 Å². The minimum absolute atomic E-state index is 0.169. The topological polar surface area (TPSA) is 21.3 Å². The van der Waals surface area contributed by atoms with E-state index in [4.69, 9.17) is 4.74 Å². The van der Waals surface area contributed by atoms with Gasteiger partial charge in [-0.1, -0.05) is 30.3 Å². The molecule has 0 aliphatic carbocycles. The molecule has 1 aliphatic heterocycles. The third-order valence-electron chi connectivity index (χ3n) is 2.81. The fourth-order valence-corrected chi connectivity index (χ4v) is 2.11. The van der Waals surface area contributed by atoms with E-state index >= 15 is 0 Å². The second-order valence-electron chi connectivity index (χ2n) is 4.68. The molecule has 1 unspecified atom stereocenters. The van der Waals surface area contributed by atoms with Crippen molar-refractivity contribution in [3.05, 3.63) is 35.9 Å². The molecular weight excluding hydrogens is 186 g/mol. The van der Waals surface area contributed by atoms with E-state index in [1.54, 1.807) is 0 Å². The Morgan fingerprint density at radius 2 is 2.07 bits per heavy atom. The van der Waals surface area contributed by atoms with Crippen LogP contribution >= 0.6 is 0 Å². The zero-order valence-corrected chi connectivity index (χ0v) is 9.49. The number of ether oxygens (including phenoxy) is 1. The maximum Gasteiger partial charge on any atom is 0.113 e. The molecular formula is C13H19NO. The van der Waals surface area contributed by atoms with Crippen LogP contribution in [0.4, 0.5) is 0 Å². The van der Waals surface area contributed by atoms with Crippen LogP contribution in [0.2, 0.25) is 0 Å². The van der Waals surface area contributed by atoms with Crippen molar-refractivity contribution in [3.63, 3.8) is 0 Å². The number of nitrogens with one attached hydrogen (secondary N) is 1. The van der Waals surface area contributed by atoms with E-state index in [-0.39, 0.29) is 5.72 Å². The van der Waals surface area contributed by atoms with Crippen LogP contribution in [0.25, 0.3) is 0 Å². The van der Waals surface area contributed by atoms with Gasteiger partial charge in [0, 0.05) is 6.04 Å². The first-order chi connectivity index (χ1) is 7.16. The maximum atomic E-state index is 5.62. The predicted molar refractivity (Wildman–Crippen MR) is 61.7 cm³/mol. The zero-order valence-electron chi connectivity index (χ0n) is 9.49. The Bertz CT molecular complexity index is 308. The predicted octanol–water partition coefficient (Wildman–Crippen LogP) is 2.34. The first-order valence-electron chi connectivity index (χ1n) is 5.61. The summed E-state index contributed by atoms with van der Waals surface area (Å²) in [6.07, 6.45) is 2.19. The molecule has 0 saturated carbocycles. The van der Waals surface area contributed by atoms with Gasteiger partial charge < -0.3 is 4.74 Å². The van der Waals surface area contributed by atoms with Crippen molar-refractivity contribution >= 4 is 0 Å². The van der Waals surface area contributed by atoms with Crippen molar-refractivity contribution < 1.29 is 4.74 Å². The Kier molecular flexibility index (Phi) is 3.08. The highest BCUT2D eigenvalue weighted by molar-refractivity contribution is 5.16. The van der Waals surface area contributed by atoms with Crippen LogP contribution in [0.3, 0.4) is 0 Å². The molecule has 1 saturated heterocycles. The van der Waals surface area contributed by atoms with Gasteiger partial charge in [-0.2, -0.15) is 0 Å². The zero-order chi connectivity index (χ0) is 10.7. The minimum atomic E-state index is -0.169. The van der Waals surface area contributed by atoms with Gasteiger partial charge in [-0.15, -0.1) is 0 Å². The molecule has 1 aliphatic rings. The van der Waals surface area contributed by atoms with Crippen molar-refractivity contribution in [2.45, 2.75) is 38.5 Å². The van der Waals surface area contributed by atoms with Crippen LogP contribution in [-0.2, 0) is 11.2 Å². The fraction of sp³-hybridized carbons (Fsp3) is 0.538. The van der Waals surface area contributed by atoms with Crippen molar-refractivity contribution in [2.24, 2.45) is 0 Å². The Balaban J connectivity index is 1.95. The molecule has 0 amide bonds. The largest absolute Gasteiger partial charge is 0.361 e. The lowest BCUT2D eigenvalue weighted by molar-refractivity contribution is -0.0842. The molecule has 82 valence electrons. The number of hydrogen-bond acceptors (Lipinski definition) is 2. The van der Waals surface area contributed by atoms with Gasteiger partial charge in [0.05, 0.1) is 6.61 Å². The van der Waals surface area contributed by atoms with Crippen LogP contribution in [0.15, 0.2) is 30.3 Å². The van der Waals surface area contributed by atoms with Gasteiger partial charge in [0.2, 0.25) is 0 Å². The Morgan fingerprint density at radius 3 is 2.73 bits per heavy atom. The SMILES string of the molecule is CC1(C)NC(Cc2ccccc2)CCO1. The first kappa shape index (κ1) is 10.7. The molecule has 1 heterocycles. The Morgan fingerprint density at radius 1 is 1.33 bits per heavy atom. The lowest BCUT2D eigenvalue weighted by Gasteiger charge is -2.37. The molecule has 2 heteroatoms. The molecule has 1 fully saturated rings. The Hall–Kier alpha value is -0.860. The normalized spacial score (nSPS) is 25.1. The summed E-state index contributed by atoms with van der Waals surface area (Å²) in [4.78, 5) is 0. The van der Waals surface area contributed by atoms with Gasteiger partial charge in [-0.3, -0.25) is 5.32 Å². The van der Waals surface area contributed by atoms with Crippen molar-refractivity contribution in [3.8, 4) is 0 Å². The summed E-state index contributed by atoms with van der Waals surface area (Å²) < 4.78 is 5.62. The molecule has 0 aromatic heterocycles. The molecule has 0 radical (unpaired) electrons. The lowest BCUT2D eigenvalue weighted by Crippen LogP contribution is -2.53. The molecule has 2 rings (SSSR count). The maximum absolute atomic E-state index is 5.62. The summed E-state index contributed by atoms with van der Waals surface area (Å²) in [6, 6.07) is 11.2. The molecule has 0 bridgehead atoms. The van der Waals surface area contributed by atoms with Crippen LogP contribution < -0.4 is 5.32 Å². The van der Waals surface area contributed by atoms with Crippen LogP contribution in [0.5, 0.6) is 0 Å². The van der Waals surface area contributed by atoms with Gasteiger partial charge in [0.15, 0.2) is 0 Å². The van der Waals surface area contributed by atoms with E-state index in [0.717, 1.165) is 19.4 Å². The molecule has 0 spiro atoms. The monoisotopic (exact) mass is 205 g/mol. The van der Waals surface area contributed by atoms with E-state index in [1.807, 2.05) is 0 Å². The van der Waals surface area contributed by atoms with E-state index < -0.39 is 0 Å². The molecule has 1 N–H and O–H groups in total. The Labute approximate surface area is 91.6 Å². The third kappa shape index (κ3) is 3.05.